The number of rotatable bonds is 5. The number of anilines is 1. The Morgan fingerprint density at radius 3 is 2.60 bits per heavy atom. The van der Waals surface area contributed by atoms with Crippen molar-refractivity contribution in [2.45, 2.75) is 25.3 Å². The summed E-state index contributed by atoms with van der Waals surface area (Å²) in [5.74, 6) is 0. The Hall–Kier alpha value is -0.580. The Balaban J connectivity index is 1.38. The van der Waals surface area contributed by atoms with Gasteiger partial charge in [0, 0.05) is 35.8 Å². The highest BCUT2D eigenvalue weighted by molar-refractivity contribution is 9.10. The highest BCUT2D eigenvalue weighted by Crippen LogP contribution is 2.20. The highest BCUT2D eigenvalue weighted by Gasteiger charge is 2.28. The van der Waals surface area contributed by atoms with Gasteiger partial charge in [0.05, 0.1) is 0 Å². The van der Waals surface area contributed by atoms with Gasteiger partial charge >= 0.3 is 0 Å². The van der Waals surface area contributed by atoms with E-state index >= 15 is 0 Å². The van der Waals surface area contributed by atoms with Gasteiger partial charge in [-0.2, -0.15) is 0 Å². The highest BCUT2D eigenvalue weighted by atomic mass is 79.9. The molecule has 2 heterocycles. The summed E-state index contributed by atoms with van der Waals surface area (Å²) in [7, 11) is 0. The summed E-state index contributed by atoms with van der Waals surface area (Å²) in [6, 6.07) is 9.25. The third-order valence-electron chi connectivity index (χ3n) is 4.51. The molecule has 2 aliphatic rings. The van der Waals surface area contributed by atoms with Gasteiger partial charge < -0.3 is 5.32 Å². The molecule has 0 saturated carbocycles. The molecule has 1 aromatic rings. The minimum absolute atomic E-state index is 0.824. The summed E-state index contributed by atoms with van der Waals surface area (Å²) in [6.07, 6.45) is 4.17. The summed E-state index contributed by atoms with van der Waals surface area (Å²) in [4.78, 5) is 5.30. The predicted octanol–water partition coefficient (Wildman–Crippen LogP) is 3.03. The molecule has 4 heteroatoms. The number of nitrogens with one attached hydrogen (secondary N) is 1. The van der Waals surface area contributed by atoms with Crippen LogP contribution < -0.4 is 5.32 Å². The molecule has 0 aromatic heterocycles. The SMILES string of the molecule is Brc1ccc(NCCN2CCC(N3CCCC3)C2)cc1. The van der Waals surface area contributed by atoms with Crippen molar-refractivity contribution in [2.24, 2.45) is 0 Å². The Kier molecular flexibility index (Phi) is 4.97. The monoisotopic (exact) mass is 337 g/mol. The van der Waals surface area contributed by atoms with E-state index in [9.17, 15) is 0 Å². The van der Waals surface area contributed by atoms with E-state index in [2.05, 4.69) is 55.3 Å². The molecule has 1 N–H and O–H groups in total. The first kappa shape index (κ1) is 14.4. The first-order valence-corrected chi connectivity index (χ1v) is 8.56. The third-order valence-corrected chi connectivity index (χ3v) is 5.03. The van der Waals surface area contributed by atoms with Crippen molar-refractivity contribution in [3.63, 3.8) is 0 Å². The molecule has 2 saturated heterocycles. The lowest BCUT2D eigenvalue weighted by Crippen LogP contribution is -2.36. The fourth-order valence-electron chi connectivity index (χ4n) is 3.35. The fraction of sp³-hybridized carbons (Fsp3) is 0.625. The van der Waals surface area contributed by atoms with E-state index in [1.165, 1.54) is 51.1 Å². The molecule has 1 atom stereocenters. The van der Waals surface area contributed by atoms with Crippen LogP contribution in [0.25, 0.3) is 0 Å². The normalized spacial score (nSPS) is 24.4. The quantitative estimate of drug-likeness (QED) is 0.890. The van der Waals surface area contributed by atoms with Crippen LogP contribution in [-0.4, -0.2) is 55.1 Å². The lowest BCUT2D eigenvalue weighted by molar-refractivity contribution is 0.234. The maximum absolute atomic E-state index is 3.51. The van der Waals surface area contributed by atoms with Crippen LogP contribution in [0.5, 0.6) is 0 Å². The van der Waals surface area contributed by atoms with E-state index < -0.39 is 0 Å². The number of likely N-dealkylation sites (tertiary alicyclic amines) is 2. The number of nitrogens with zero attached hydrogens (tertiary/aromatic N) is 2. The molecular formula is C16H24BrN3. The van der Waals surface area contributed by atoms with Gasteiger partial charge in [-0.3, -0.25) is 9.80 Å². The van der Waals surface area contributed by atoms with Crippen molar-refractivity contribution in [3.05, 3.63) is 28.7 Å². The first-order valence-electron chi connectivity index (χ1n) is 7.77. The van der Waals surface area contributed by atoms with Crippen LogP contribution in [0.2, 0.25) is 0 Å². The van der Waals surface area contributed by atoms with Gasteiger partial charge in [0.1, 0.15) is 0 Å². The summed E-state index contributed by atoms with van der Waals surface area (Å²) in [5, 5.41) is 3.51. The summed E-state index contributed by atoms with van der Waals surface area (Å²) < 4.78 is 1.14. The van der Waals surface area contributed by atoms with E-state index in [0.717, 1.165) is 23.6 Å². The third kappa shape index (κ3) is 3.74. The van der Waals surface area contributed by atoms with Crippen LogP contribution >= 0.6 is 15.9 Å². The van der Waals surface area contributed by atoms with Crippen molar-refractivity contribution in [3.8, 4) is 0 Å². The van der Waals surface area contributed by atoms with Crippen LogP contribution in [0.3, 0.4) is 0 Å². The zero-order valence-corrected chi connectivity index (χ0v) is 13.6. The van der Waals surface area contributed by atoms with Gasteiger partial charge in [-0.1, -0.05) is 15.9 Å². The molecule has 1 aromatic carbocycles. The number of hydrogen-bond donors (Lipinski definition) is 1. The van der Waals surface area contributed by atoms with Crippen LogP contribution in [0.4, 0.5) is 5.69 Å². The second-order valence-corrected chi connectivity index (χ2v) is 6.84. The Morgan fingerprint density at radius 2 is 1.85 bits per heavy atom. The van der Waals surface area contributed by atoms with E-state index in [4.69, 9.17) is 0 Å². The minimum Gasteiger partial charge on any atom is -0.384 e. The van der Waals surface area contributed by atoms with Crippen molar-refractivity contribution in [1.29, 1.82) is 0 Å². The van der Waals surface area contributed by atoms with E-state index in [-0.39, 0.29) is 0 Å². The molecule has 110 valence electrons. The largest absolute Gasteiger partial charge is 0.384 e. The molecule has 0 radical (unpaired) electrons. The van der Waals surface area contributed by atoms with Gasteiger partial charge in [0.2, 0.25) is 0 Å². The van der Waals surface area contributed by atoms with Crippen LogP contribution in [0, 0.1) is 0 Å². The number of benzene rings is 1. The van der Waals surface area contributed by atoms with Gasteiger partial charge in [0.25, 0.3) is 0 Å². The number of hydrogen-bond acceptors (Lipinski definition) is 3. The van der Waals surface area contributed by atoms with Crippen LogP contribution in [0.15, 0.2) is 28.7 Å². The lowest BCUT2D eigenvalue weighted by Gasteiger charge is -2.23. The molecule has 3 rings (SSSR count). The summed E-state index contributed by atoms with van der Waals surface area (Å²) in [6.45, 7) is 7.38. The lowest BCUT2D eigenvalue weighted by atomic mass is 10.2. The maximum atomic E-state index is 3.51. The average molecular weight is 338 g/mol. The van der Waals surface area contributed by atoms with Gasteiger partial charge in [-0.05, 0) is 63.2 Å². The molecule has 2 fully saturated rings. The Bertz CT molecular complexity index is 414. The van der Waals surface area contributed by atoms with Crippen molar-refractivity contribution in [1.82, 2.24) is 9.80 Å². The zero-order chi connectivity index (χ0) is 13.8. The molecule has 0 amide bonds. The van der Waals surface area contributed by atoms with E-state index in [0.29, 0.717) is 0 Å². The standard InChI is InChI=1S/C16H24BrN3/c17-14-3-5-15(6-4-14)18-8-12-19-11-7-16(13-19)20-9-1-2-10-20/h3-6,16,18H,1-2,7-13H2. The van der Waals surface area contributed by atoms with E-state index in [1.54, 1.807) is 0 Å². The molecule has 1 unspecified atom stereocenters. The topological polar surface area (TPSA) is 18.5 Å². The van der Waals surface area contributed by atoms with Gasteiger partial charge in [-0.25, -0.2) is 0 Å². The molecule has 20 heavy (non-hydrogen) atoms. The van der Waals surface area contributed by atoms with Gasteiger partial charge in [0.15, 0.2) is 0 Å². The average Bonchev–Trinajstić information content (AvgIpc) is 3.11. The minimum atomic E-state index is 0.824. The molecular weight excluding hydrogens is 314 g/mol. The smallest absolute Gasteiger partial charge is 0.0341 e. The Morgan fingerprint density at radius 1 is 1.10 bits per heavy atom. The molecule has 3 nitrogen and oxygen atoms in total. The van der Waals surface area contributed by atoms with Crippen LogP contribution in [-0.2, 0) is 0 Å². The zero-order valence-electron chi connectivity index (χ0n) is 12.0. The summed E-state index contributed by atoms with van der Waals surface area (Å²) >= 11 is 3.47. The predicted molar refractivity (Wildman–Crippen MR) is 88.3 cm³/mol. The van der Waals surface area contributed by atoms with E-state index in [1.807, 2.05) is 0 Å². The summed E-state index contributed by atoms with van der Waals surface area (Å²) in [5.41, 5.74) is 1.21. The molecule has 0 aliphatic carbocycles. The maximum Gasteiger partial charge on any atom is 0.0341 e. The molecule has 2 aliphatic heterocycles. The van der Waals surface area contributed by atoms with Gasteiger partial charge in [-0.15, -0.1) is 0 Å². The molecule has 0 spiro atoms. The van der Waals surface area contributed by atoms with Crippen LogP contribution in [0.1, 0.15) is 19.3 Å². The fourth-order valence-corrected chi connectivity index (χ4v) is 3.61. The van der Waals surface area contributed by atoms with Crippen molar-refractivity contribution < 1.29 is 0 Å². The molecule has 0 bridgehead atoms. The second-order valence-electron chi connectivity index (χ2n) is 5.92. The second kappa shape index (κ2) is 6.92. The van der Waals surface area contributed by atoms with Crippen molar-refractivity contribution in [2.75, 3.05) is 44.6 Å². The Labute approximate surface area is 130 Å². The van der Waals surface area contributed by atoms with Crippen molar-refractivity contribution >= 4 is 21.6 Å². The first-order chi connectivity index (χ1) is 9.81. The number of halogens is 1.